The highest BCUT2D eigenvalue weighted by molar-refractivity contribution is 14.1. The number of rotatable bonds is 3. The van der Waals surface area contributed by atoms with Gasteiger partial charge in [0.2, 0.25) is 0 Å². The van der Waals surface area contributed by atoms with E-state index >= 15 is 0 Å². The largest absolute Gasteiger partial charge is 0.494 e. The zero-order valence-corrected chi connectivity index (χ0v) is 11.8. The number of halogens is 3. The van der Waals surface area contributed by atoms with Crippen molar-refractivity contribution in [3.8, 4) is 5.75 Å². The number of hydrogen-bond acceptors (Lipinski definition) is 2. The lowest BCUT2D eigenvalue weighted by atomic mass is 10.1. The maximum atomic E-state index is 11.3. The second-order valence-corrected chi connectivity index (χ2v) is 4.81. The van der Waals surface area contributed by atoms with Crippen LogP contribution in [0.15, 0.2) is 16.6 Å². The molecule has 0 N–H and O–H groups in total. The average molecular weight is 389 g/mol. The Hall–Kier alpha value is 0.190. The van der Waals surface area contributed by atoms with E-state index in [4.69, 9.17) is 16.3 Å². The summed E-state index contributed by atoms with van der Waals surface area (Å²) in [6.45, 7) is 0. The number of ether oxygens (including phenoxy) is 1. The van der Waals surface area contributed by atoms with Crippen LogP contribution in [-0.2, 0) is 0 Å². The normalized spacial score (nSPS) is 10.0. The third-order valence-corrected chi connectivity index (χ3v) is 3.28. The first-order chi connectivity index (χ1) is 6.60. The molecule has 0 unspecified atom stereocenters. The Bertz CT molecular complexity index is 345. The molecule has 0 saturated heterocycles. The maximum Gasteiger partial charge on any atom is 0.177 e. The number of methoxy groups -OCH3 is 1. The van der Waals surface area contributed by atoms with Crippen molar-refractivity contribution in [2.45, 2.75) is 0 Å². The molecule has 76 valence electrons. The molecule has 14 heavy (non-hydrogen) atoms. The summed E-state index contributed by atoms with van der Waals surface area (Å²) in [4.78, 5) is 11.3. The molecule has 0 amide bonds. The van der Waals surface area contributed by atoms with E-state index in [2.05, 4.69) is 38.5 Å². The van der Waals surface area contributed by atoms with Crippen LogP contribution in [0.2, 0.25) is 0 Å². The fourth-order valence-electron chi connectivity index (χ4n) is 0.993. The van der Waals surface area contributed by atoms with E-state index in [0.717, 1.165) is 13.8 Å². The van der Waals surface area contributed by atoms with Gasteiger partial charge >= 0.3 is 0 Å². The Labute approximate surface area is 109 Å². The average Bonchev–Trinajstić information content (AvgIpc) is 2.16. The zero-order chi connectivity index (χ0) is 10.7. The summed E-state index contributed by atoms with van der Waals surface area (Å²) < 4.78 is 6.79. The van der Waals surface area contributed by atoms with Gasteiger partial charge in [-0.2, -0.15) is 0 Å². The van der Waals surface area contributed by atoms with Gasteiger partial charge in [-0.25, -0.2) is 0 Å². The van der Waals surface area contributed by atoms with Gasteiger partial charge in [0.1, 0.15) is 5.75 Å². The van der Waals surface area contributed by atoms with Crippen LogP contribution in [0.3, 0.4) is 0 Å². The van der Waals surface area contributed by atoms with Crippen LogP contribution in [0.4, 0.5) is 0 Å². The molecule has 1 rings (SSSR count). The van der Waals surface area contributed by atoms with Crippen molar-refractivity contribution in [1.29, 1.82) is 0 Å². The van der Waals surface area contributed by atoms with Crippen molar-refractivity contribution >= 4 is 55.9 Å². The molecule has 0 aliphatic heterocycles. The second kappa shape index (κ2) is 5.32. The van der Waals surface area contributed by atoms with Crippen molar-refractivity contribution < 1.29 is 9.53 Å². The molecule has 0 radical (unpaired) electrons. The Kier molecular flexibility index (Phi) is 4.66. The third kappa shape index (κ3) is 2.61. The summed E-state index contributed by atoms with van der Waals surface area (Å²) in [5, 5.41) is 0. The Morgan fingerprint density at radius 3 is 2.71 bits per heavy atom. The summed E-state index contributed by atoms with van der Waals surface area (Å²) >= 11 is 10.9. The van der Waals surface area contributed by atoms with Gasteiger partial charge in [-0.05, 0) is 50.7 Å². The Balaban J connectivity index is 3.20. The van der Waals surface area contributed by atoms with Crippen LogP contribution in [0.1, 0.15) is 10.4 Å². The monoisotopic (exact) mass is 388 g/mol. The number of benzene rings is 1. The van der Waals surface area contributed by atoms with Gasteiger partial charge in [-0.3, -0.25) is 4.79 Å². The van der Waals surface area contributed by atoms with Gasteiger partial charge in [0.15, 0.2) is 5.78 Å². The van der Waals surface area contributed by atoms with Crippen LogP contribution in [0.5, 0.6) is 5.75 Å². The van der Waals surface area contributed by atoms with E-state index in [0.29, 0.717) is 5.56 Å². The zero-order valence-electron chi connectivity index (χ0n) is 7.31. The molecule has 0 aliphatic rings. The van der Waals surface area contributed by atoms with Crippen LogP contribution in [-0.4, -0.2) is 18.8 Å². The number of alkyl halides is 1. The van der Waals surface area contributed by atoms with Crippen molar-refractivity contribution in [2.24, 2.45) is 0 Å². The topological polar surface area (TPSA) is 26.3 Å². The van der Waals surface area contributed by atoms with Crippen molar-refractivity contribution in [3.05, 3.63) is 25.7 Å². The maximum absolute atomic E-state index is 11.3. The molecule has 1 aromatic carbocycles. The van der Waals surface area contributed by atoms with Gasteiger partial charge in [0, 0.05) is 5.56 Å². The summed E-state index contributed by atoms with van der Waals surface area (Å²) in [6.07, 6.45) is 0. The van der Waals surface area contributed by atoms with Gasteiger partial charge in [-0.1, -0.05) is 0 Å². The van der Waals surface area contributed by atoms with E-state index in [9.17, 15) is 4.79 Å². The fourth-order valence-corrected chi connectivity index (χ4v) is 2.99. The van der Waals surface area contributed by atoms with E-state index in [1.807, 2.05) is 0 Å². The van der Waals surface area contributed by atoms with E-state index in [1.165, 1.54) is 0 Å². The van der Waals surface area contributed by atoms with Crippen LogP contribution in [0, 0.1) is 3.57 Å². The first kappa shape index (κ1) is 12.3. The van der Waals surface area contributed by atoms with Crippen LogP contribution < -0.4 is 4.74 Å². The fraction of sp³-hybridized carbons (Fsp3) is 0.222. The minimum atomic E-state index is -0.0899. The predicted octanol–water partition coefficient (Wildman–Crippen LogP) is 3.48. The molecule has 0 atom stereocenters. The first-order valence-electron chi connectivity index (χ1n) is 3.72. The quantitative estimate of drug-likeness (QED) is 0.450. The highest BCUT2D eigenvalue weighted by Crippen LogP contribution is 2.31. The summed E-state index contributed by atoms with van der Waals surface area (Å²) in [5.74, 6) is 0.638. The molecule has 5 heteroatoms. The molecule has 0 aliphatic carbocycles. The van der Waals surface area contributed by atoms with E-state index < -0.39 is 0 Å². The molecular weight excluding hydrogens is 382 g/mol. The highest BCUT2D eigenvalue weighted by atomic mass is 127. The highest BCUT2D eigenvalue weighted by Gasteiger charge is 2.11. The lowest BCUT2D eigenvalue weighted by Crippen LogP contribution is -2.01. The smallest absolute Gasteiger partial charge is 0.177 e. The molecule has 0 saturated carbocycles. The molecular formula is C9H7BrClIO2. The van der Waals surface area contributed by atoms with Crippen LogP contribution >= 0.6 is 50.1 Å². The minimum absolute atomic E-state index is 0.00511. The number of hydrogen-bond donors (Lipinski definition) is 0. The molecule has 1 aromatic rings. The predicted molar refractivity (Wildman–Crippen MR) is 68.5 cm³/mol. The summed E-state index contributed by atoms with van der Waals surface area (Å²) in [5.41, 5.74) is 0.595. The Morgan fingerprint density at radius 1 is 1.64 bits per heavy atom. The van der Waals surface area contributed by atoms with Crippen molar-refractivity contribution in [1.82, 2.24) is 0 Å². The van der Waals surface area contributed by atoms with Crippen LogP contribution in [0.25, 0.3) is 0 Å². The van der Waals surface area contributed by atoms with Gasteiger partial charge < -0.3 is 4.74 Å². The number of carbonyl (C=O) groups is 1. The van der Waals surface area contributed by atoms with E-state index in [-0.39, 0.29) is 11.7 Å². The summed E-state index contributed by atoms with van der Waals surface area (Å²) in [6, 6.07) is 3.47. The lowest BCUT2D eigenvalue weighted by molar-refractivity contribution is 0.102. The van der Waals surface area contributed by atoms with Gasteiger partial charge in [0.25, 0.3) is 0 Å². The number of ketones is 1. The minimum Gasteiger partial charge on any atom is -0.494 e. The molecule has 0 bridgehead atoms. The lowest BCUT2D eigenvalue weighted by Gasteiger charge is -2.07. The summed E-state index contributed by atoms with van der Waals surface area (Å²) in [7, 11) is 1.59. The first-order valence-corrected chi connectivity index (χ1v) is 6.13. The standard InChI is InChI=1S/C9H7BrClIO2/c1-14-9-6(10)2-5(3-7(9)12)8(13)4-11/h2-3H,4H2,1H3. The molecule has 0 aromatic heterocycles. The molecule has 0 fully saturated rings. The van der Waals surface area contributed by atoms with Crippen molar-refractivity contribution in [2.75, 3.05) is 13.0 Å². The van der Waals surface area contributed by atoms with Gasteiger partial charge in [0.05, 0.1) is 21.0 Å². The number of carbonyl (C=O) groups excluding carboxylic acids is 1. The Morgan fingerprint density at radius 2 is 2.29 bits per heavy atom. The molecule has 0 spiro atoms. The van der Waals surface area contributed by atoms with Crippen molar-refractivity contribution in [3.63, 3.8) is 0 Å². The number of Topliss-reactive ketones (excluding diaryl/α,β-unsaturated/α-hetero) is 1. The SMILES string of the molecule is COc1c(Br)cc(C(=O)CCl)cc1I. The molecule has 0 heterocycles. The third-order valence-electron chi connectivity index (χ3n) is 1.65. The van der Waals surface area contributed by atoms with E-state index in [1.54, 1.807) is 19.2 Å². The van der Waals surface area contributed by atoms with Gasteiger partial charge in [-0.15, -0.1) is 11.6 Å². The molecule has 2 nitrogen and oxygen atoms in total. The second-order valence-electron chi connectivity index (χ2n) is 2.53.